The molecule has 62 valence electrons. The molecule has 1 atom stereocenters. The second-order valence-corrected chi connectivity index (χ2v) is 3.14. The highest BCUT2D eigenvalue weighted by Gasteiger charge is 2.06. The molecule has 0 spiro atoms. The zero-order chi connectivity index (χ0) is 8.57. The maximum absolute atomic E-state index is 9.76. The Morgan fingerprint density at radius 3 is 2.20 bits per heavy atom. The van der Waals surface area contributed by atoms with Crippen LogP contribution in [0, 0.1) is 0 Å². The first-order chi connectivity index (χ1) is 4.59. The Bertz CT molecular complexity index is 90.6. The summed E-state index contributed by atoms with van der Waals surface area (Å²) in [6.45, 7) is 0. The van der Waals surface area contributed by atoms with Crippen molar-refractivity contribution in [3.05, 3.63) is 0 Å². The summed E-state index contributed by atoms with van der Waals surface area (Å²) in [6.07, 6.45) is 1.91. The van der Waals surface area contributed by atoms with Crippen molar-refractivity contribution in [1.82, 2.24) is 0 Å². The summed E-state index contributed by atoms with van der Waals surface area (Å²) in [7, 11) is 1.44. The summed E-state index contributed by atoms with van der Waals surface area (Å²) in [4.78, 5) is 9.76. The summed E-state index contributed by atoms with van der Waals surface area (Å²) in [6, 6.07) is -0.816. The van der Waals surface area contributed by atoms with E-state index in [1.165, 1.54) is 10.8 Å². The average molecular weight is 201 g/mol. The van der Waals surface area contributed by atoms with E-state index in [2.05, 4.69) is 24.3 Å². The largest absolute Gasteiger partial charge is 0.480 e. The van der Waals surface area contributed by atoms with Gasteiger partial charge in [0.05, 0.1) is 0 Å². The molecular formula is C4H11NO2S3. The fourth-order valence-corrected chi connectivity index (χ4v) is 0.234. The van der Waals surface area contributed by atoms with Crippen molar-refractivity contribution in [3.8, 4) is 0 Å². The quantitative estimate of drug-likeness (QED) is 0.388. The van der Waals surface area contributed by atoms with E-state index >= 15 is 0 Å². The summed E-state index contributed by atoms with van der Waals surface area (Å²) in [5, 5.41) is 8.01. The molecule has 0 unspecified atom stereocenters. The number of carboxylic acids is 1. The van der Waals surface area contributed by atoms with E-state index in [-0.39, 0.29) is 5.75 Å². The highest BCUT2D eigenvalue weighted by Crippen LogP contribution is 1.91. The summed E-state index contributed by atoms with van der Waals surface area (Å²) in [5.41, 5.74) is 4.94. The number of hydrogen-bond donors (Lipinski definition) is 4. The van der Waals surface area contributed by atoms with E-state index in [4.69, 9.17) is 10.8 Å². The third-order valence-electron chi connectivity index (χ3n) is 0.514. The lowest BCUT2D eigenvalue weighted by atomic mass is 10.4. The monoisotopic (exact) mass is 201 g/mol. The Balaban J connectivity index is 0. The molecule has 0 rings (SSSR count). The lowest BCUT2D eigenvalue weighted by molar-refractivity contribution is -0.137. The van der Waals surface area contributed by atoms with Gasteiger partial charge in [-0.1, -0.05) is 0 Å². The molecule has 0 radical (unpaired) electrons. The number of nitrogens with two attached hydrogens (primary N) is 1. The van der Waals surface area contributed by atoms with Crippen molar-refractivity contribution in [2.75, 3.05) is 12.0 Å². The fourth-order valence-electron chi connectivity index (χ4n) is 0.0781. The molecule has 0 aromatic carbocycles. The standard InChI is InChI=1S/C3H7NO2S.CH4S2/c4-2(1-7)3(5)6;1-3-2/h2,7H,1,4H2,(H,5,6);2H,1H3/t2-;/m0./s1. The van der Waals surface area contributed by atoms with Crippen LogP contribution in [0.2, 0.25) is 0 Å². The van der Waals surface area contributed by atoms with E-state index in [0.717, 1.165) is 0 Å². The number of hydrogen-bond acceptors (Lipinski definition) is 5. The first-order valence-electron chi connectivity index (χ1n) is 2.37. The average Bonchev–Trinajstić information content (AvgIpc) is 1.88. The topological polar surface area (TPSA) is 63.3 Å². The van der Waals surface area contributed by atoms with E-state index in [1.807, 2.05) is 6.26 Å². The number of rotatable bonds is 2. The maximum atomic E-state index is 9.76. The molecule has 3 nitrogen and oxygen atoms in total. The van der Waals surface area contributed by atoms with Crippen molar-refractivity contribution < 1.29 is 9.90 Å². The van der Waals surface area contributed by atoms with Crippen LogP contribution < -0.4 is 5.73 Å². The molecule has 0 aliphatic heterocycles. The Kier molecular flexibility index (Phi) is 12.4. The molecule has 0 bridgehead atoms. The van der Waals surface area contributed by atoms with Crippen LogP contribution in [0.15, 0.2) is 0 Å². The minimum atomic E-state index is -1.00. The molecule has 6 heteroatoms. The van der Waals surface area contributed by atoms with Gasteiger partial charge in [-0.05, 0) is 6.26 Å². The van der Waals surface area contributed by atoms with Crippen molar-refractivity contribution in [2.45, 2.75) is 6.04 Å². The highest BCUT2D eigenvalue weighted by molar-refractivity contribution is 8.68. The Labute approximate surface area is 75.0 Å². The molecule has 0 aromatic heterocycles. The van der Waals surface area contributed by atoms with Gasteiger partial charge in [-0.25, -0.2) is 0 Å². The van der Waals surface area contributed by atoms with Gasteiger partial charge in [-0.3, -0.25) is 4.79 Å². The van der Waals surface area contributed by atoms with E-state index < -0.39 is 12.0 Å². The predicted molar refractivity (Wildman–Crippen MR) is 52.0 cm³/mol. The van der Waals surface area contributed by atoms with Crippen molar-refractivity contribution in [3.63, 3.8) is 0 Å². The third-order valence-corrected chi connectivity index (χ3v) is 0.907. The van der Waals surface area contributed by atoms with Crippen LogP contribution in [-0.2, 0) is 4.79 Å². The van der Waals surface area contributed by atoms with Gasteiger partial charge in [0.1, 0.15) is 6.04 Å². The molecule has 0 aliphatic rings. The molecule has 10 heavy (non-hydrogen) atoms. The van der Waals surface area contributed by atoms with Crippen molar-refractivity contribution in [1.29, 1.82) is 0 Å². The Hall–Kier alpha value is 0.480. The van der Waals surface area contributed by atoms with Gasteiger partial charge < -0.3 is 10.8 Å². The van der Waals surface area contributed by atoms with E-state index in [9.17, 15) is 4.79 Å². The zero-order valence-electron chi connectivity index (χ0n) is 5.52. The Morgan fingerprint density at radius 1 is 1.90 bits per heavy atom. The molecule has 0 fully saturated rings. The normalized spacial score (nSPS) is 11.2. The van der Waals surface area contributed by atoms with Gasteiger partial charge in [0.2, 0.25) is 0 Å². The first kappa shape index (κ1) is 13.1. The van der Waals surface area contributed by atoms with Gasteiger partial charge in [-0.15, -0.1) is 22.5 Å². The second kappa shape index (κ2) is 9.48. The smallest absolute Gasteiger partial charge is 0.321 e. The zero-order valence-corrected chi connectivity index (χ0v) is 8.13. The van der Waals surface area contributed by atoms with Gasteiger partial charge in [0, 0.05) is 5.75 Å². The number of carbonyl (C=O) groups is 1. The van der Waals surface area contributed by atoms with Crippen LogP contribution in [0.1, 0.15) is 0 Å². The number of carboxylic acid groups (broad SMARTS) is 1. The fraction of sp³-hybridized carbons (Fsp3) is 0.750. The van der Waals surface area contributed by atoms with Gasteiger partial charge in [-0.2, -0.15) is 12.6 Å². The summed E-state index contributed by atoms with van der Waals surface area (Å²) >= 11 is 7.35. The van der Waals surface area contributed by atoms with Crippen LogP contribution in [0.25, 0.3) is 0 Å². The lowest BCUT2D eigenvalue weighted by Crippen LogP contribution is -2.31. The summed E-state index contributed by atoms with van der Waals surface area (Å²) < 4.78 is 0. The van der Waals surface area contributed by atoms with Crippen LogP contribution in [0.5, 0.6) is 0 Å². The molecule has 3 N–H and O–H groups in total. The predicted octanol–water partition coefficient (Wildman–Crippen LogP) is 0.522. The minimum absolute atomic E-state index is 0.190. The first-order valence-corrected chi connectivity index (χ1v) is 5.27. The van der Waals surface area contributed by atoms with Crippen LogP contribution in [0.4, 0.5) is 0 Å². The van der Waals surface area contributed by atoms with Gasteiger partial charge in [0.15, 0.2) is 0 Å². The highest BCUT2D eigenvalue weighted by atomic mass is 33.1. The molecule has 0 amide bonds. The minimum Gasteiger partial charge on any atom is -0.480 e. The molecule has 0 aromatic rings. The number of aliphatic carboxylic acids is 1. The van der Waals surface area contributed by atoms with Crippen molar-refractivity contribution in [2.24, 2.45) is 5.73 Å². The van der Waals surface area contributed by atoms with E-state index in [0.29, 0.717) is 0 Å². The SMILES string of the molecule is CSS.N[C@@H](CS)C(=O)O. The van der Waals surface area contributed by atoms with Crippen molar-refractivity contribution >= 4 is 41.1 Å². The summed E-state index contributed by atoms with van der Waals surface area (Å²) in [5.74, 6) is -0.815. The molecular weight excluding hydrogens is 190 g/mol. The number of thiol groups is 2. The van der Waals surface area contributed by atoms with Gasteiger partial charge >= 0.3 is 5.97 Å². The second-order valence-electron chi connectivity index (χ2n) is 1.31. The Morgan fingerprint density at radius 2 is 2.20 bits per heavy atom. The van der Waals surface area contributed by atoms with Gasteiger partial charge in [0.25, 0.3) is 0 Å². The molecule has 0 saturated heterocycles. The van der Waals surface area contributed by atoms with Crippen LogP contribution >= 0.6 is 35.1 Å². The lowest BCUT2D eigenvalue weighted by Gasteiger charge is -1.96. The molecule has 0 saturated carbocycles. The third kappa shape index (κ3) is 11.3. The maximum Gasteiger partial charge on any atom is 0.321 e. The van der Waals surface area contributed by atoms with Crippen LogP contribution in [0.3, 0.4) is 0 Å². The van der Waals surface area contributed by atoms with Crippen LogP contribution in [-0.4, -0.2) is 29.1 Å². The molecule has 0 heterocycles. The van der Waals surface area contributed by atoms with E-state index in [1.54, 1.807) is 0 Å². The molecule has 0 aliphatic carbocycles.